The molecule has 0 N–H and O–H groups in total. The summed E-state index contributed by atoms with van der Waals surface area (Å²) in [5.74, 6) is 0.949. The Bertz CT molecular complexity index is 1280. The molecule has 0 aliphatic carbocycles. The lowest BCUT2D eigenvalue weighted by Crippen LogP contribution is -2.27. The zero-order valence-electron chi connectivity index (χ0n) is 18.6. The van der Waals surface area contributed by atoms with Gasteiger partial charge in [0.1, 0.15) is 23.3 Å². The molecule has 9 heteroatoms. The maximum absolute atomic E-state index is 6.37. The van der Waals surface area contributed by atoms with Gasteiger partial charge in [-0.25, -0.2) is 9.97 Å². The normalized spacial score (nSPS) is 16.9. The van der Waals surface area contributed by atoms with E-state index in [1.807, 2.05) is 31.2 Å². The van der Waals surface area contributed by atoms with Gasteiger partial charge in [0.2, 0.25) is 0 Å². The van der Waals surface area contributed by atoms with Gasteiger partial charge in [0.15, 0.2) is 0 Å². The third kappa shape index (κ3) is 4.20. The molecule has 0 bridgehead atoms. The Balaban J connectivity index is 0.00000228. The predicted octanol–water partition coefficient (Wildman–Crippen LogP) is 4.23. The number of ether oxygens (including phenoxy) is 2. The summed E-state index contributed by atoms with van der Waals surface area (Å²) in [6.45, 7) is 5.46. The van der Waals surface area contributed by atoms with Gasteiger partial charge in [-0.1, -0.05) is 12.1 Å². The van der Waals surface area contributed by atoms with Gasteiger partial charge >= 0.3 is 6.01 Å². The summed E-state index contributed by atoms with van der Waals surface area (Å²) in [5, 5.41) is 4.86. The van der Waals surface area contributed by atoms with E-state index in [2.05, 4.69) is 17.0 Å². The molecular weight excluding hydrogens is 440 g/mol. The van der Waals surface area contributed by atoms with Crippen LogP contribution in [0.3, 0.4) is 0 Å². The van der Waals surface area contributed by atoms with Gasteiger partial charge in [0, 0.05) is 32.0 Å². The number of aryl methyl sites for hydroxylation is 1. The zero-order valence-corrected chi connectivity index (χ0v) is 19.4. The highest BCUT2D eigenvalue weighted by Gasteiger charge is 2.22. The SMILES string of the molecule is Cc1nc2ccccc2nc1-c1cc2cc(N3CCCC3)nc(OC3CCOCC3)n2n1.Cl. The van der Waals surface area contributed by atoms with Gasteiger partial charge < -0.3 is 14.4 Å². The molecule has 0 saturated carbocycles. The molecule has 2 aliphatic rings. The van der Waals surface area contributed by atoms with Gasteiger partial charge in [-0.2, -0.15) is 14.6 Å². The van der Waals surface area contributed by atoms with Crippen molar-refractivity contribution in [1.82, 2.24) is 24.6 Å². The Morgan fingerprint density at radius 1 is 0.970 bits per heavy atom. The monoisotopic (exact) mass is 466 g/mol. The van der Waals surface area contributed by atoms with Crippen LogP contribution in [0.5, 0.6) is 6.01 Å². The molecule has 8 nitrogen and oxygen atoms in total. The zero-order chi connectivity index (χ0) is 21.5. The van der Waals surface area contributed by atoms with Gasteiger partial charge in [-0.15, -0.1) is 12.4 Å². The van der Waals surface area contributed by atoms with Gasteiger partial charge in [0.05, 0.1) is 35.5 Å². The largest absolute Gasteiger partial charge is 0.460 e. The van der Waals surface area contributed by atoms with Gasteiger partial charge in [-0.05, 0) is 38.0 Å². The fourth-order valence-electron chi connectivity index (χ4n) is 4.54. The minimum Gasteiger partial charge on any atom is -0.460 e. The van der Waals surface area contributed by atoms with Crippen molar-refractivity contribution in [2.24, 2.45) is 0 Å². The number of para-hydroxylation sites is 2. The average Bonchev–Trinajstić information content (AvgIpc) is 3.49. The number of rotatable bonds is 4. The van der Waals surface area contributed by atoms with Crippen molar-refractivity contribution < 1.29 is 9.47 Å². The molecule has 4 aromatic rings. The van der Waals surface area contributed by atoms with Crippen molar-refractivity contribution in [2.75, 3.05) is 31.2 Å². The van der Waals surface area contributed by atoms with Crippen LogP contribution in [0.25, 0.3) is 27.9 Å². The number of hydrogen-bond acceptors (Lipinski definition) is 7. The Hall–Kier alpha value is -2.97. The van der Waals surface area contributed by atoms with Crippen LogP contribution >= 0.6 is 12.4 Å². The molecule has 0 unspecified atom stereocenters. The van der Waals surface area contributed by atoms with Crippen molar-refractivity contribution in [2.45, 2.75) is 38.7 Å². The summed E-state index contributed by atoms with van der Waals surface area (Å²) >= 11 is 0. The van der Waals surface area contributed by atoms with E-state index in [-0.39, 0.29) is 18.5 Å². The molecule has 0 atom stereocenters. The van der Waals surface area contributed by atoms with Crippen molar-refractivity contribution in [1.29, 1.82) is 0 Å². The third-order valence-corrected chi connectivity index (χ3v) is 6.26. The summed E-state index contributed by atoms with van der Waals surface area (Å²) in [6, 6.07) is 12.6. The predicted molar refractivity (Wildman–Crippen MR) is 129 cm³/mol. The minimum absolute atomic E-state index is 0. The molecule has 0 radical (unpaired) electrons. The van der Waals surface area contributed by atoms with Crippen LogP contribution in [0.2, 0.25) is 0 Å². The van der Waals surface area contributed by atoms with Crippen LogP contribution in [-0.4, -0.2) is 57.0 Å². The quantitative estimate of drug-likeness (QED) is 0.445. The van der Waals surface area contributed by atoms with Crippen LogP contribution in [0.1, 0.15) is 31.4 Å². The van der Waals surface area contributed by atoms with E-state index in [0.29, 0.717) is 6.01 Å². The average molecular weight is 467 g/mol. The number of aromatic nitrogens is 5. The second-order valence-electron chi connectivity index (χ2n) is 8.53. The van der Waals surface area contributed by atoms with E-state index >= 15 is 0 Å². The van der Waals surface area contributed by atoms with E-state index in [1.54, 1.807) is 4.52 Å². The van der Waals surface area contributed by atoms with Crippen LogP contribution < -0.4 is 9.64 Å². The van der Waals surface area contributed by atoms with Crippen LogP contribution in [0.4, 0.5) is 5.82 Å². The fraction of sp³-hybridized carbons (Fsp3) is 0.417. The topological polar surface area (TPSA) is 77.7 Å². The van der Waals surface area contributed by atoms with Crippen LogP contribution in [0.15, 0.2) is 36.4 Å². The molecule has 0 spiro atoms. The van der Waals surface area contributed by atoms with Crippen molar-refractivity contribution in [3.8, 4) is 17.4 Å². The molecule has 2 fully saturated rings. The molecule has 33 heavy (non-hydrogen) atoms. The maximum Gasteiger partial charge on any atom is 0.320 e. The standard InChI is InChI=1S/C24H26N6O2.ClH/c1-16-23(26-20-7-3-2-6-19(20)25-16)21-14-17-15-22(29-10-4-5-11-29)27-24(30(17)28-21)32-18-8-12-31-13-9-18;/h2-3,6-7,14-15,18H,4-5,8-13H2,1H3;1H. The Labute approximate surface area is 198 Å². The van der Waals surface area contributed by atoms with E-state index in [1.165, 1.54) is 12.8 Å². The highest BCUT2D eigenvalue weighted by molar-refractivity contribution is 5.85. The molecular formula is C24H27ClN6O2. The van der Waals surface area contributed by atoms with Crippen LogP contribution in [0, 0.1) is 6.92 Å². The number of nitrogens with zero attached hydrogens (tertiary/aromatic N) is 6. The fourth-order valence-corrected chi connectivity index (χ4v) is 4.54. The molecule has 2 aliphatic heterocycles. The minimum atomic E-state index is 0. The van der Waals surface area contributed by atoms with Crippen LogP contribution in [-0.2, 0) is 4.74 Å². The summed E-state index contributed by atoms with van der Waals surface area (Å²) in [6.07, 6.45) is 4.20. The van der Waals surface area contributed by atoms with E-state index in [0.717, 1.165) is 78.6 Å². The Kier molecular flexibility index (Phi) is 6.03. The van der Waals surface area contributed by atoms with E-state index in [9.17, 15) is 0 Å². The first-order valence-corrected chi connectivity index (χ1v) is 11.4. The molecule has 1 aromatic carbocycles. The van der Waals surface area contributed by atoms with Gasteiger partial charge in [-0.3, -0.25) is 0 Å². The second-order valence-corrected chi connectivity index (χ2v) is 8.53. The first kappa shape index (κ1) is 21.9. The molecule has 0 amide bonds. The number of benzene rings is 1. The number of hydrogen-bond donors (Lipinski definition) is 0. The molecule has 172 valence electrons. The lowest BCUT2D eigenvalue weighted by Gasteiger charge is -2.24. The molecule has 5 heterocycles. The lowest BCUT2D eigenvalue weighted by molar-refractivity contribution is 0.0207. The summed E-state index contributed by atoms with van der Waals surface area (Å²) < 4.78 is 13.7. The van der Waals surface area contributed by atoms with E-state index < -0.39 is 0 Å². The van der Waals surface area contributed by atoms with E-state index in [4.69, 9.17) is 29.5 Å². The summed E-state index contributed by atoms with van der Waals surface area (Å²) in [4.78, 5) is 16.8. The van der Waals surface area contributed by atoms with Crippen molar-refractivity contribution in [3.63, 3.8) is 0 Å². The summed E-state index contributed by atoms with van der Waals surface area (Å²) in [5.41, 5.74) is 5.11. The molecule has 6 rings (SSSR count). The third-order valence-electron chi connectivity index (χ3n) is 6.26. The summed E-state index contributed by atoms with van der Waals surface area (Å²) in [7, 11) is 0. The maximum atomic E-state index is 6.37. The highest BCUT2D eigenvalue weighted by Crippen LogP contribution is 2.29. The number of halogens is 1. The lowest BCUT2D eigenvalue weighted by atomic mass is 10.2. The van der Waals surface area contributed by atoms with Gasteiger partial charge in [0.25, 0.3) is 0 Å². The Morgan fingerprint density at radius 3 is 2.45 bits per heavy atom. The number of anilines is 1. The molecule has 3 aromatic heterocycles. The molecule has 2 saturated heterocycles. The number of fused-ring (bicyclic) bond motifs is 2. The Morgan fingerprint density at radius 2 is 1.70 bits per heavy atom. The van der Waals surface area contributed by atoms with Crippen molar-refractivity contribution in [3.05, 3.63) is 42.1 Å². The first-order chi connectivity index (χ1) is 15.7. The van der Waals surface area contributed by atoms with Crippen molar-refractivity contribution >= 4 is 34.8 Å². The second kappa shape index (κ2) is 9.11. The highest BCUT2D eigenvalue weighted by atomic mass is 35.5. The first-order valence-electron chi connectivity index (χ1n) is 11.4. The smallest absolute Gasteiger partial charge is 0.320 e.